The van der Waals surface area contributed by atoms with E-state index in [2.05, 4.69) is 5.32 Å². The Morgan fingerprint density at radius 3 is 2.43 bits per heavy atom. The predicted octanol–water partition coefficient (Wildman–Crippen LogP) is 2.75. The highest BCUT2D eigenvalue weighted by Gasteiger charge is 2.42. The Morgan fingerprint density at radius 1 is 0.971 bits per heavy atom. The SMILES string of the molecule is COc1cccc(CNC(=O)[C@H]2CCCN2C(=O)C2CCCN2C(=O)c2ccc(OC)c(F)c2)c1. The van der Waals surface area contributed by atoms with Crippen LogP contribution in [0.3, 0.4) is 0 Å². The second-order valence-electron chi connectivity index (χ2n) is 8.76. The number of halogens is 1. The molecule has 35 heavy (non-hydrogen) atoms. The first-order valence-corrected chi connectivity index (χ1v) is 11.8. The van der Waals surface area contributed by atoms with Gasteiger partial charge >= 0.3 is 0 Å². The van der Waals surface area contributed by atoms with Gasteiger partial charge in [-0.3, -0.25) is 14.4 Å². The molecule has 186 valence electrons. The maximum atomic E-state index is 14.2. The minimum Gasteiger partial charge on any atom is -0.497 e. The Morgan fingerprint density at radius 2 is 1.71 bits per heavy atom. The van der Waals surface area contributed by atoms with Crippen LogP contribution in [-0.2, 0) is 16.1 Å². The van der Waals surface area contributed by atoms with Gasteiger partial charge in [-0.15, -0.1) is 0 Å². The average molecular weight is 484 g/mol. The summed E-state index contributed by atoms with van der Waals surface area (Å²) >= 11 is 0. The Bertz CT molecular complexity index is 1110. The molecule has 2 heterocycles. The van der Waals surface area contributed by atoms with Gasteiger partial charge in [-0.05, 0) is 61.6 Å². The molecule has 0 aliphatic carbocycles. The number of nitrogens with one attached hydrogen (secondary N) is 1. The van der Waals surface area contributed by atoms with Crippen LogP contribution in [0, 0.1) is 5.82 Å². The number of likely N-dealkylation sites (tertiary alicyclic amines) is 2. The van der Waals surface area contributed by atoms with Crippen molar-refractivity contribution >= 4 is 17.7 Å². The Kier molecular flexibility index (Phi) is 7.53. The van der Waals surface area contributed by atoms with E-state index in [1.54, 1.807) is 12.0 Å². The third kappa shape index (κ3) is 5.23. The summed E-state index contributed by atoms with van der Waals surface area (Å²) in [7, 11) is 2.94. The molecule has 8 nitrogen and oxygen atoms in total. The van der Waals surface area contributed by atoms with E-state index in [0.29, 0.717) is 51.1 Å². The molecule has 4 rings (SSSR count). The Balaban J connectivity index is 1.42. The Labute approximate surface area is 204 Å². The summed E-state index contributed by atoms with van der Waals surface area (Å²) < 4.78 is 24.3. The second-order valence-corrected chi connectivity index (χ2v) is 8.76. The molecule has 2 atom stereocenters. The van der Waals surface area contributed by atoms with Crippen LogP contribution in [0.15, 0.2) is 42.5 Å². The van der Waals surface area contributed by atoms with Gasteiger partial charge in [-0.1, -0.05) is 12.1 Å². The number of ether oxygens (including phenoxy) is 2. The van der Waals surface area contributed by atoms with E-state index in [9.17, 15) is 18.8 Å². The smallest absolute Gasteiger partial charge is 0.254 e. The van der Waals surface area contributed by atoms with Gasteiger partial charge in [0.25, 0.3) is 5.91 Å². The topological polar surface area (TPSA) is 88.2 Å². The number of nitrogens with zero attached hydrogens (tertiary/aromatic N) is 2. The van der Waals surface area contributed by atoms with Crippen molar-refractivity contribution in [2.24, 2.45) is 0 Å². The van der Waals surface area contributed by atoms with Crippen molar-refractivity contribution in [3.63, 3.8) is 0 Å². The molecule has 2 fully saturated rings. The lowest BCUT2D eigenvalue weighted by molar-refractivity contribution is -0.141. The van der Waals surface area contributed by atoms with Crippen LogP contribution in [0.5, 0.6) is 11.5 Å². The van der Waals surface area contributed by atoms with Crippen LogP contribution in [0.4, 0.5) is 4.39 Å². The lowest BCUT2D eigenvalue weighted by Gasteiger charge is -2.31. The molecule has 9 heteroatoms. The summed E-state index contributed by atoms with van der Waals surface area (Å²) in [6.45, 7) is 1.20. The van der Waals surface area contributed by atoms with E-state index in [0.717, 1.165) is 11.6 Å². The number of hydrogen-bond acceptors (Lipinski definition) is 5. The largest absolute Gasteiger partial charge is 0.497 e. The molecule has 0 saturated carbocycles. The summed E-state index contributed by atoms with van der Waals surface area (Å²) in [5.41, 5.74) is 1.06. The molecule has 2 aromatic carbocycles. The fourth-order valence-corrected chi connectivity index (χ4v) is 4.82. The van der Waals surface area contributed by atoms with E-state index in [4.69, 9.17) is 9.47 Å². The van der Waals surface area contributed by atoms with Crippen LogP contribution in [-0.4, -0.2) is 66.9 Å². The quantitative estimate of drug-likeness (QED) is 0.654. The van der Waals surface area contributed by atoms with Gasteiger partial charge in [-0.25, -0.2) is 4.39 Å². The summed E-state index contributed by atoms with van der Waals surface area (Å²) in [6.07, 6.45) is 2.46. The van der Waals surface area contributed by atoms with Gasteiger partial charge in [0.05, 0.1) is 14.2 Å². The van der Waals surface area contributed by atoms with Crippen molar-refractivity contribution < 1.29 is 28.2 Å². The van der Waals surface area contributed by atoms with Crippen LogP contribution < -0.4 is 14.8 Å². The molecule has 1 unspecified atom stereocenters. The van der Waals surface area contributed by atoms with E-state index in [1.165, 1.54) is 24.1 Å². The highest BCUT2D eigenvalue weighted by atomic mass is 19.1. The second kappa shape index (κ2) is 10.8. The van der Waals surface area contributed by atoms with Gasteiger partial charge in [0.2, 0.25) is 11.8 Å². The van der Waals surface area contributed by atoms with Gasteiger partial charge in [-0.2, -0.15) is 0 Å². The summed E-state index contributed by atoms with van der Waals surface area (Å²) in [6, 6.07) is 10.2. The molecule has 0 spiro atoms. The zero-order chi connectivity index (χ0) is 24.9. The highest BCUT2D eigenvalue weighted by molar-refractivity contribution is 5.99. The lowest BCUT2D eigenvalue weighted by Crippen LogP contribution is -2.52. The van der Waals surface area contributed by atoms with Gasteiger partial charge in [0.1, 0.15) is 17.8 Å². The number of carbonyl (C=O) groups is 3. The minimum absolute atomic E-state index is 0.0514. The lowest BCUT2D eigenvalue weighted by atomic mass is 10.1. The van der Waals surface area contributed by atoms with Crippen LogP contribution >= 0.6 is 0 Å². The monoisotopic (exact) mass is 483 g/mol. The summed E-state index contributed by atoms with van der Waals surface area (Å²) in [5.74, 6) is -0.725. The third-order valence-corrected chi connectivity index (χ3v) is 6.64. The van der Waals surface area contributed by atoms with Crippen molar-refractivity contribution in [1.29, 1.82) is 0 Å². The number of amides is 3. The summed E-state index contributed by atoms with van der Waals surface area (Å²) in [5, 5.41) is 2.92. The molecule has 1 N–H and O–H groups in total. The van der Waals surface area contributed by atoms with Crippen LogP contribution in [0.2, 0.25) is 0 Å². The first-order valence-electron chi connectivity index (χ1n) is 11.8. The van der Waals surface area contributed by atoms with E-state index in [-0.39, 0.29) is 23.1 Å². The molecule has 0 bridgehead atoms. The zero-order valence-electron chi connectivity index (χ0n) is 20.0. The molecule has 2 aliphatic heterocycles. The highest BCUT2D eigenvalue weighted by Crippen LogP contribution is 2.27. The average Bonchev–Trinajstić information content (AvgIpc) is 3.57. The molecular formula is C26H30FN3O5. The number of carbonyl (C=O) groups excluding carboxylic acids is 3. The van der Waals surface area contributed by atoms with Gasteiger partial charge < -0.3 is 24.6 Å². The fraction of sp³-hybridized carbons (Fsp3) is 0.423. The Hall–Kier alpha value is -3.62. The van der Waals surface area contributed by atoms with E-state index >= 15 is 0 Å². The molecular weight excluding hydrogens is 453 g/mol. The standard InChI is InChI=1S/C26H30FN3O5/c1-34-19-7-3-6-17(14-19)16-28-24(31)21-8-4-12-29(21)26(33)22-9-5-13-30(22)25(32)18-10-11-23(35-2)20(27)15-18/h3,6-7,10-11,14-15,21-22H,4-5,8-9,12-13,16H2,1-2H3,(H,28,31)/t21-,22?/m1/s1. The normalized spacial score (nSPS) is 19.5. The summed E-state index contributed by atoms with van der Waals surface area (Å²) in [4.78, 5) is 42.6. The van der Waals surface area contributed by atoms with Crippen molar-refractivity contribution in [1.82, 2.24) is 15.1 Å². The van der Waals surface area contributed by atoms with Crippen molar-refractivity contribution in [2.45, 2.75) is 44.3 Å². The molecule has 2 saturated heterocycles. The van der Waals surface area contributed by atoms with Crippen LogP contribution in [0.1, 0.15) is 41.6 Å². The van der Waals surface area contributed by atoms with E-state index < -0.39 is 23.8 Å². The maximum absolute atomic E-state index is 14.2. The zero-order valence-corrected chi connectivity index (χ0v) is 20.0. The molecule has 0 radical (unpaired) electrons. The van der Waals surface area contributed by atoms with Crippen molar-refractivity contribution in [2.75, 3.05) is 27.3 Å². The third-order valence-electron chi connectivity index (χ3n) is 6.64. The number of hydrogen-bond donors (Lipinski definition) is 1. The number of methoxy groups -OCH3 is 2. The maximum Gasteiger partial charge on any atom is 0.254 e. The number of benzene rings is 2. The first-order chi connectivity index (χ1) is 16.9. The van der Waals surface area contributed by atoms with E-state index in [1.807, 2.05) is 24.3 Å². The minimum atomic E-state index is -0.667. The van der Waals surface area contributed by atoms with Gasteiger partial charge in [0.15, 0.2) is 11.6 Å². The fourth-order valence-electron chi connectivity index (χ4n) is 4.82. The molecule has 2 aromatic rings. The van der Waals surface area contributed by atoms with Crippen molar-refractivity contribution in [3.05, 3.63) is 59.4 Å². The molecule has 0 aromatic heterocycles. The first kappa shape index (κ1) is 24.5. The van der Waals surface area contributed by atoms with Gasteiger partial charge in [0, 0.05) is 25.2 Å². The van der Waals surface area contributed by atoms with Crippen molar-refractivity contribution in [3.8, 4) is 11.5 Å². The molecule has 3 amide bonds. The predicted molar refractivity (Wildman–Crippen MR) is 127 cm³/mol. The number of rotatable bonds is 7. The van der Waals surface area contributed by atoms with Crippen LogP contribution in [0.25, 0.3) is 0 Å². The molecule has 2 aliphatic rings.